The third-order valence-corrected chi connectivity index (χ3v) is 2.35. The average Bonchev–Trinajstić information content (AvgIpc) is 2.49. The summed E-state index contributed by atoms with van der Waals surface area (Å²) >= 11 is 5.83. The van der Waals surface area contributed by atoms with E-state index >= 15 is 0 Å². The Bertz CT molecular complexity index is 406. The molecule has 66 valence electrons. The summed E-state index contributed by atoms with van der Waals surface area (Å²) in [7, 11) is 1.90. The summed E-state index contributed by atoms with van der Waals surface area (Å²) in [6, 6.07) is 10.1. The molecular formula is C10H9ClN2. The number of nitrogens with zero attached hydrogens (tertiary/aromatic N) is 2. The Morgan fingerprint density at radius 1 is 1.23 bits per heavy atom. The second kappa shape index (κ2) is 3.23. The number of imidazole rings is 1. The Morgan fingerprint density at radius 3 is 2.46 bits per heavy atom. The normalized spacial score (nSPS) is 10.3. The number of rotatable bonds is 1. The molecule has 0 aliphatic heterocycles. The number of benzene rings is 1. The van der Waals surface area contributed by atoms with Gasteiger partial charge in [-0.3, -0.25) is 0 Å². The van der Waals surface area contributed by atoms with E-state index in [0.717, 1.165) is 11.3 Å². The monoisotopic (exact) mass is 192 g/mol. The lowest BCUT2D eigenvalue weighted by atomic mass is 10.2. The lowest BCUT2D eigenvalue weighted by Crippen LogP contribution is -1.90. The van der Waals surface area contributed by atoms with Crippen LogP contribution >= 0.6 is 11.6 Å². The van der Waals surface area contributed by atoms with E-state index in [1.54, 1.807) is 6.20 Å². The summed E-state index contributed by atoms with van der Waals surface area (Å²) in [5.74, 6) is 0. The van der Waals surface area contributed by atoms with Crippen molar-refractivity contribution < 1.29 is 0 Å². The van der Waals surface area contributed by atoms with E-state index in [0.29, 0.717) is 5.28 Å². The van der Waals surface area contributed by atoms with Crippen LogP contribution in [0.3, 0.4) is 0 Å². The lowest BCUT2D eigenvalue weighted by molar-refractivity contribution is 0.922. The van der Waals surface area contributed by atoms with Gasteiger partial charge in [0, 0.05) is 7.05 Å². The third kappa shape index (κ3) is 1.45. The van der Waals surface area contributed by atoms with E-state index in [2.05, 4.69) is 4.98 Å². The molecule has 0 amide bonds. The van der Waals surface area contributed by atoms with Crippen LogP contribution in [0.1, 0.15) is 0 Å². The van der Waals surface area contributed by atoms with E-state index in [1.165, 1.54) is 0 Å². The Morgan fingerprint density at radius 2 is 1.92 bits per heavy atom. The average molecular weight is 193 g/mol. The molecule has 2 rings (SSSR count). The molecule has 3 heteroatoms. The van der Waals surface area contributed by atoms with Crippen LogP contribution in [-0.2, 0) is 7.05 Å². The molecule has 1 aromatic carbocycles. The molecular weight excluding hydrogens is 184 g/mol. The van der Waals surface area contributed by atoms with Crippen LogP contribution in [0.2, 0.25) is 5.28 Å². The largest absolute Gasteiger partial charge is 0.318 e. The maximum Gasteiger partial charge on any atom is 0.202 e. The van der Waals surface area contributed by atoms with Gasteiger partial charge in [-0.05, 0) is 17.2 Å². The first-order valence-corrected chi connectivity index (χ1v) is 4.39. The first-order valence-electron chi connectivity index (χ1n) is 4.01. The molecule has 13 heavy (non-hydrogen) atoms. The summed E-state index contributed by atoms with van der Waals surface area (Å²) in [4.78, 5) is 4.02. The fourth-order valence-electron chi connectivity index (χ4n) is 1.26. The molecule has 0 N–H and O–H groups in total. The predicted octanol–water partition coefficient (Wildman–Crippen LogP) is 2.74. The molecule has 0 aliphatic rings. The zero-order valence-corrected chi connectivity index (χ0v) is 7.99. The van der Waals surface area contributed by atoms with Gasteiger partial charge in [0.2, 0.25) is 5.28 Å². The van der Waals surface area contributed by atoms with Crippen molar-refractivity contribution in [2.45, 2.75) is 0 Å². The Kier molecular flexibility index (Phi) is 2.07. The van der Waals surface area contributed by atoms with Crippen LogP contribution in [0.15, 0.2) is 36.5 Å². The minimum absolute atomic E-state index is 0.513. The van der Waals surface area contributed by atoms with Gasteiger partial charge in [-0.15, -0.1) is 0 Å². The van der Waals surface area contributed by atoms with Crippen LogP contribution in [0.25, 0.3) is 11.3 Å². The van der Waals surface area contributed by atoms with Gasteiger partial charge in [0.05, 0.1) is 11.9 Å². The molecule has 1 aromatic heterocycles. The van der Waals surface area contributed by atoms with Gasteiger partial charge >= 0.3 is 0 Å². The topological polar surface area (TPSA) is 17.8 Å². The van der Waals surface area contributed by atoms with Gasteiger partial charge in [-0.25, -0.2) is 4.98 Å². The highest BCUT2D eigenvalue weighted by atomic mass is 35.5. The second-order valence-electron chi connectivity index (χ2n) is 2.84. The van der Waals surface area contributed by atoms with Crippen molar-refractivity contribution in [3.63, 3.8) is 0 Å². The Balaban J connectivity index is 2.53. The third-order valence-electron chi connectivity index (χ3n) is 2.00. The fraction of sp³-hybridized carbons (Fsp3) is 0.100. The molecule has 0 spiro atoms. The molecule has 0 radical (unpaired) electrons. The summed E-state index contributed by atoms with van der Waals surface area (Å²) in [5.41, 5.74) is 2.16. The number of hydrogen-bond acceptors (Lipinski definition) is 1. The standard InChI is InChI=1S/C10H9ClN2/c1-13-9(7-12-10(13)11)8-5-3-2-4-6-8/h2-7H,1H3. The van der Waals surface area contributed by atoms with E-state index in [-0.39, 0.29) is 0 Å². The Labute approximate surface area is 81.8 Å². The lowest BCUT2D eigenvalue weighted by Gasteiger charge is -2.01. The summed E-state index contributed by atoms with van der Waals surface area (Å²) < 4.78 is 1.86. The molecule has 1 heterocycles. The Hall–Kier alpha value is -1.28. The van der Waals surface area contributed by atoms with Crippen LogP contribution in [-0.4, -0.2) is 9.55 Å². The molecule has 0 fully saturated rings. The summed E-state index contributed by atoms with van der Waals surface area (Å²) in [6.07, 6.45) is 1.78. The van der Waals surface area contributed by atoms with Gasteiger partial charge < -0.3 is 4.57 Å². The van der Waals surface area contributed by atoms with Gasteiger partial charge in [0.15, 0.2) is 0 Å². The van der Waals surface area contributed by atoms with Gasteiger partial charge in [0.25, 0.3) is 0 Å². The zero-order chi connectivity index (χ0) is 9.26. The van der Waals surface area contributed by atoms with Crippen molar-refractivity contribution in [3.05, 3.63) is 41.8 Å². The minimum Gasteiger partial charge on any atom is -0.318 e. The van der Waals surface area contributed by atoms with Crippen LogP contribution in [0.5, 0.6) is 0 Å². The predicted molar refractivity (Wildman–Crippen MR) is 53.7 cm³/mol. The summed E-state index contributed by atoms with van der Waals surface area (Å²) in [5, 5.41) is 0.513. The van der Waals surface area contributed by atoms with E-state index in [1.807, 2.05) is 41.9 Å². The highest BCUT2D eigenvalue weighted by molar-refractivity contribution is 6.28. The fourth-order valence-corrected chi connectivity index (χ4v) is 1.40. The SMILES string of the molecule is Cn1c(-c2ccccc2)cnc1Cl. The molecule has 0 aliphatic carbocycles. The van der Waals surface area contributed by atoms with E-state index < -0.39 is 0 Å². The van der Waals surface area contributed by atoms with Gasteiger partial charge in [-0.2, -0.15) is 0 Å². The van der Waals surface area contributed by atoms with Crippen LogP contribution in [0.4, 0.5) is 0 Å². The van der Waals surface area contributed by atoms with Crippen molar-refractivity contribution in [1.82, 2.24) is 9.55 Å². The molecule has 2 nitrogen and oxygen atoms in total. The molecule has 0 saturated carbocycles. The van der Waals surface area contributed by atoms with E-state index in [9.17, 15) is 0 Å². The first kappa shape index (κ1) is 8.32. The van der Waals surface area contributed by atoms with Crippen molar-refractivity contribution in [2.24, 2.45) is 7.05 Å². The molecule has 0 saturated heterocycles. The van der Waals surface area contributed by atoms with Crippen LogP contribution < -0.4 is 0 Å². The van der Waals surface area contributed by atoms with Gasteiger partial charge in [0.1, 0.15) is 0 Å². The molecule has 0 bridgehead atoms. The van der Waals surface area contributed by atoms with Crippen molar-refractivity contribution in [1.29, 1.82) is 0 Å². The maximum atomic E-state index is 5.83. The zero-order valence-electron chi connectivity index (χ0n) is 7.24. The van der Waals surface area contributed by atoms with Gasteiger partial charge in [-0.1, -0.05) is 30.3 Å². The van der Waals surface area contributed by atoms with Crippen molar-refractivity contribution in [3.8, 4) is 11.3 Å². The number of aromatic nitrogens is 2. The van der Waals surface area contributed by atoms with E-state index in [4.69, 9.17) is 11.6 Å². The second-order valence-corrected chi connectivity index (χ2v) is 3.18. The molecule has 0 atom stereocenters. The first-order chi connectivity index (χ1) is 6.29. The highest BCUT2D eigenvalue weighted by Gasteiger charge is 2.04. The van der Waals surface area contributed by atoms with Crippen LogP contribution in [0, 0.1) is 0 Å². The smallest absolute Gasteiger partial charge is 0.202 e. The molecule has 2 aromatic rings. The number of hydrogen-bond donors (Lipinski definition) is 0. The maximum absolute atomic E-state index is 5.83. The minimum atomic E-state index is 0.513. The molecule has 0 unspecified atom stereocenters. The summed E-state index contributed by atoms with van der Waals surface area (Å²) in [6.45, 7) is 0. The highest BCUT2D eigenvalue weighted by Crippen LogP contribution is 2.20. The quantitative estimate of drug-likeness (QED) is 0.680. The van der Waals surface area contributed by atoms with Crippen molar-refractivity contribution >= 4 is 11.6 Å². The van der Waals surface area contributed by atoms with Crippen molar-refractivity contribution in [2.75, 3.05) is 0 Å². The number of halogens is 1.